The zero-order valence-corrected chi connectivity index (χ0v) is 11.4. The first kappa shape index (κ1) is 13.8. The van der Waals surface area contributed by atoms with Gasteiger partial charge in [-0.25, -0.2) is 4.39 Å². The molecule has 2 rings (SSSR count). The molecular formula is C17H20FN. The van der Waals surface area contributed by atoms with Crippen LogP contribution in [0.15, 0.2) is 54.6 Å². The van der Waals surface area contributed by atoms with E-state index in [0.29, 0.717) is 0 Å². The molecule has 1 N–H and O–H groups in total. The van der Waals surface area contributed by atoms with Crippen LogP contribution in [0, 0.1) is 5.82 Å². The minimum atomic E-state index is -0.185. The Hall–Kier alpha value is -1.67. The van der Waals surface area contributed by atoms with Gasteiger partial charge in [-0.1, -0.05) is 49.4 Å². The molecule has 2 atom stereocenters. The van der Waals surface area contributed by atoms with E-state index in [-0.39, 0.29) is 17.9 Å². The maximum atomic E-state index is 13.0. The third-order valence-electron chi connectivity index (χ3n) is 3.43. The fourth-order valence-corrected chi connectivity index (χ4v) is 2.28. The molecule has 1 nitrogen and oxygen atoms in total. The molecule has 0 bridgehead atoms. The van der Waals surface area contributed by atoms with Gasteiger partial charge in [0.05, 0.1) is 0 Å². The Bertz CT molecular complexity index is 492. The highest BCUT2D eigenvalue weighted by Gasteiger charge is 2.13. The van der Waals surface area contributed by atoms with Crippen LogP contribution in [0.4, 0.5) is 4.39 Å². The van der Waals surface area contributed by atoms with Crippen LogP contribution in [0.2, 0.25) is 0 Å². The first-order valence-electron chi connectivity index (χ1n) is 6.77. The van der Waals surface area contributed by atoms with Crippen LogP contribution >= 0.6 is 0 Å². The van der Waals surface area contributed by atoms with Crippen LogP contribution in [-0.4, -0.2) is 0 Å². The average Bonchev–Trinajstić information content (AvgIpc) is 2.46. The second kappa shape index (κ2) is 6.48. The van der Waals surface area contributed by atoms with Gasteiger partial charge in [-0.05, 0) is 36.6 Å². The Morgan fingerprint density at radius 3 is 2.16 bits per heavy atom. The third-order valence-corrected chi connectivity index (χ3v) is 3.43. The maximum Gasteiger partial charge on any atom is 0.123 e. The Morgan fingerprint density at radius 2 is 1.58 bits per heavy atom. The zero-order chi connectivity index (χ0) is 13.7. The van der Waals surface area contributed by atoms with Gasteiger partial charge >= 0.3 is 0 Å². The van der Waals surface area contributed by atoms with Crippen molar-refractivity contribution in [3.05, 3.63) is 71.5 Å². The molecule has 0 saturated heterocycles. The third kappa shape index (κ3) is 3.65. The normalized spacial score (nSPS) is 14.1. The molecule has 2 heteroatoms. The van der Waals surface area contributed by atoms with E-state index in [9.17, 15) is 4.39 Å². The number of hydrogen-bond donors (Lipinski definition) is 1. The van der Waals surface area contributed by atoms with Crippen LogP contribution in [0.5, 0.6) is 0 Å². The van der Waals surface area contributed by atoms with E-state index in [4.69, 9.17) is 0 Å². The van der Waals surface area contributed by atoms with Crippen LogP contribution in [0.1, 0.15) is 43.5 Å². The molecule has 19 heavy (non-hydrogen) atoms. The molecule has 0 aliphatic carbocycles. The standard InChI is InChI=1S/C17H20FN/c1-3-17(15-9-11-16(18)12-10-15)19-13(2)14-7-5-4-6-8-14/h4-13,17,19H,3H2,1-2H3/t13-,17?/m1/s1. The summed E-state index contributed by atoms with van der Waals surface area (Å²) >= 11 is 0. The number of rotatable bonds is 5. The van der Waals surface area contributed by atoms with E-state index in [2.05, 4.69) is 31.3 Å². The molecule has 0 amide bonds. The quantitative estimate of drug-likeness (QED) is 0.823. The van der Waals surface area contributed by atoms with Gasteiger partial charge in [-0.2, -0.15) is 0 Å². The van der Waals surface area contributed by atoms with Crippen LogP contribution in [0.3, 0.4) is 0 Å². The predicted octanol–water partition coefficient (Wildman–Crippen LogP) is 4.63. The first-order chi connectivity index (χ1) is 9.20. The summed E-state index contributed by atoms with van der Waals surface area (Å²) in [5.74, 6) is -0.185. The van der Waals surface area contributed by atoms with Crippen molar-refractivity contribution >= 4 is 0 Å². The molecule has 100 valence electrons. The lowest BCUT2D eigenvalue weighted by Gasteiger charge is -2.23. The molecule has 0 aromatic heterocycles. The van der Waals surface area contributed by atoms with Crippen molar-refractivity contribution in [1.29, 1.82) is 0 Å². The lowest BCUT2D eigenvalue weighted by atomic mass is 10.0. The smallest absolute Gasteiger partial charge is 0.123 e. The summed E-state index contributed by atoms with van der Waals surface area (Å²) in [5.41, 5.74) is 2.40. The van der Waals surface area contributed by atoms with Crippen molar-refractivity contribution in [2.24, 2.45) is 0 Å². The van der Waals surface area contributed by atoms with E-state index >= 15 is 0 Å². The van der Waals surface area contributed by atoms with Crippen molar-refractivity contribution in [2.75, 3.05) is 0 Å². The number of hydrogen-bond acceptors (Lipinski definition) is 1. The SMILES string of the molecule is CCC(N[C@H](C)c1ccccc1)c1ccc(F)cc1. The summed E-state index contributed by atoms with van der Waals surface area (Å²) < 4.78 is 13.0. The highest BCUT2D eigenvalue weighted by molar-refractivity contribution is 5.22. The van der Waals surface area contributed by atoms with Gasteiger partial charge in [0.2, 0.25) is 0 Å². The largest absolute Gasteiger partial charge is 0.303 e. The Labute approximate surface area is 114 Å². The molecular weight excluding hydrogens is 237 g/mol. The van der Waals surface area contributed by atoms with Gasteiger partial charge in [-0.15, -0.1) is 0 Å². The highest BCUT2D eigenvalue weighted by atomic mass is 19.1. The Kier molecular flexibility index (Phi) is 4.69. The zero-order valence-electron chi connectivity index (χ0n) is 11.4. The number of halogens is 1. The maximum absolute atomic E-state index is 13.0. The van der Waals surface area contributed by atoms with Gasteiger partial charge in [-0.3, -0.25) is 0 Å². The van der Waals surface area contributed by atoms with Gasteiger partial charge in [0, 0.05) is 12.1 Å². The molecule has 0 saturated carbocycles. The molecule has 0 fully saturated rings. The molecule has 0 aliphatic rings. The highest BCUT2D eigenvalue weighted by Crippen LogP contribution is 2.22. The second-order valence-corrected chi connectivity index (χ2v) is 4.81. The van der Waals surface area contributed by atoms with Crippen LogP contribution in [0.25, 0.3) is 0 Å². The van der Waals surface area contributed by atoms with Crippen molar-refractivity contribution in [1.82, 2.24) is 5.32 Å². The number of benzene rings is 2. The minimum Gasteiger partial charge on any atom is -0.303 e. The summed E-state index contributed by atoms with van der Waals surface area (Å²) in [5, 5.41) is 3.60. The molecule has 2 aromatic rings. The van der Waals surface area contributed by atoms with Crippen molar-refractivity contribution in [3.63, 3.8) is 0 Å². The fourth-order valence-electron chi connectivity index (χ4n) is 2.28. The lowest BCUT2D eigenvalue weighted by molar-refractivity contribution is 0.456. The second-order valence-electron chi connectivity index (χ2n) is 4.81. The van der Waals surface area contributed by atoms with Gasteiger partial charge in [0.25, 0.3) is 0 Å². The van der Waals surface area contributed by atoms with E-state index in [1.165, 1.54) is 17.7 Å². The van der Waals surface area contributed by atoms with Crippen LogP contribution < -0.4 is 5.32 Å². The number of nitrogens with one attached hydrogen (secondary N) is 1. The lowest BCUT2D eigenvalue weighted by Crippen LogP contribution is -2.24. The molecule has 0 aliphatic heterocycles. The summed E-state index contributed by atoms with van der Waals surface area (Å²) in [6, 6.07) is 17.6. The summed E-state index contributed by atoms with van der Waals surface area (Å²) in [4.78, 5) is 0. The Morgan fingerprint density at radius 1 is 0.947 bits per heavy atom. The van der Waals surface area contributed by atoms with Crippen molar-refractivity contribution < 1.29 is 4.39 Å². The molecule has 2 aromatic carbocycles. The van der Waals surface area contributed by atoms with Crippen molar-refractivity contribution in [3.8, 4) is 0 Å². The predicted molar refractivity (Wildman–Crippen MR) is 77.4 cm³/mol. The molecule has 0 heterocycles. The molecule has 1 unspecified atom stereocenters. The van der Waals surface area contributed by atoms with Gasteiger partial charge in [0.1, 0.15) is 5.82 Å². The van der Waals surface area contributed by atoms with E-state index in [1.54, 1.807) is 0 Å². The summed E-state index contributed by atoms with van der Waals surface area (Å²) in [6.45, 7) is 4.29. The minimum absolute atomic E-state index is 0.185. The molecule has 0 radical (unpaired) electrons. The average molecular weight is 257 g/mol. The van der Waals surface area contributed by atoms with Gasteiger partial charge in [0.15, 0.2) is 0 Å². The topological polar surface area (TPSA) is 12.0 Å². The van der Waals surface area contributed by atoms with Crippen LogP contribution in [-0.2, 0) is 0 Å². The summed E-state index contributed by atoms with van der Waals surface area (Å²) in [7, 11) is 0. The van der Waals surface area contributed by atoms with Gasteiger partial charge < -0.3 is 5.32 Å². The summed E-state index contributed by atoms with van der Waals surface area (Å²) in [6.07, 6.45) is 0.975. The van der Waals surface area contributed by atoms with E-state index in [0.717, 1.165) is 12.0 Å². The van der Waals surface area contributed by atoms with Crippen molar-refractivity contribution in [2.45, 2.75) is 32.4 Å². The molecule has 0 spiro atoms. The van der Waals surface area contributed by atoms with E-state index < -0.39 is 0 Å². The Balaban J connectivity index is 2.09. The van der Waals surface area contributed by atoms with E-state index in [1.807, 2.05) is 30.3 Å². The monoisotopic (exact) mass is 257 g/mol. The first-order valence-corrected chi connectivity index (χ1v) is 6.77. The fraction of sp³-hybridized carbons (Fsp3) is 0.294.